The Morgan fingerprint density at radius 3 is 2.38 bits per heavy atom. The van der Waals surface area contributed by atoms with Gasteiger partial charge in [0, 0.05) is 19.2 Å². The number of aldehydes is 1. The van der Waals surface area contributed by atoms with E-state index >= 15 is 0 Å². The first-order chi connectivity index (χ1) is 3.56. The van der Waals surface area contributed by atoms with Crippen molar-refractivity contribution in [1.82, 2.24) is 0 Å². The lowest BCUT2D eigenvalue weighted by molar-refractivity contribution is -0.107. The summed E-state index contributed by atoms with van der Waals surface area (Å²) in [6, 6.07) is 0. The highest BCUT2D eigenvalue weighted by atomic mass is 31.2. The van der Waals surface area contributed by atoms with Gasteiger partial charge in [0.05, 0.1) is 0 Å². The minimum Gasteiger partial charge on any atom is -0.344 e. The molecule has 0 bridgehead atoms. The summed E-state index contributed by atoms with van der Waals surface area (Å²) in [6.45, 7) is 1.25. The second kappa shape index (κ2) is 3.00. The van der Waals surface area contributed by atoms with Crippen LogP contribution in [0.3, 0.4) is 0 Å². The minimum atomic E-state index is -2.91. The summed E-state index contributed by atoms with van der Waals surface area (Å²) in [5.74, 6) is 0. The van der Waals surface area contributed by atoms with Gasteiger partial charge in [-0.3, -0.25) is 4.57 Å². The van der Waals surface area contributed by atoms with Crippen molar-refractivity contribution >= 4 is 13.7 Å². The van der Waals surface area contributed by atoms with Gasteiger partial charge < -0.3 is 9.69 Å². The third-order valence-corrected chi connectivity index (χ3v) is 1.75. The number of rotatable bonds is 3. The van der Waals surface area contributed by atoms with Crippen molar-refractivity contribution in [2.75, 3.05) is 12.8 Å². The van der Waals surface area contributed by atoms with E-state index in [4.69, 9.17) is 4.89 Å². The van der Waals surface area contributed by atoms with Crippen molar-refractivity contribution in [3.8, 4) is 0 Å². The predicted octanol–water partition coefficient (Wildman–Crippen LogP) is 0.476. The quantitative estimate of drug-likeness (QED) is 0.453. The van der Waals surface area contributed by atoms with Crippen molar-refractivity contribution in [2.24, 2.45) is 0 Å². The maximum Gasteiger partial charge on any atom is 0.198 e. The van der Waals surface area contributed by atoms with Crippen LogP contribution in [0, 0.1) is 0 Å². The first-order valence-corrected chi connectivity index (χ1v) is 4.58. The Morgan fingerprint density at radius 1 is 1.75 bits per heavy atom. The van der Waals surface area contributed by atoms with E-state index in [1.807, 2.05) is 0 Å². The monoisotopic (exact) mass is 136 g/mol. The molecule has 0 aliphatic heterocycles. The molecular formula is C4H9O3P. The Hall–Kier alpha value is -0.140. The molecule has 0 aromatic heterocycles. The molecule has 0 aliphatic carbocycles. The molecule has 0 saturated heterocycles. The zero-order valence-electron chi connectivity index (χ0n) is 4.70. The molecule has 0 rings (SSSR count). The van der Waals surface area contributed by atoms with Gasteiger partial charge >= 0.3 is 0 Å². The summed E-state index contributed by atoms with van der Waals surface area (Å²) in [6.07, 6.45) is 0.938. The summed E-state index contributed by atoms with van der Waals surface area (Å²) < 4.78 is 10.4. The smallest absolute Gasteiger partial charge is 0.198 e. The van der Waals surface area contributed by atoms with Gasteiger partial charge in [0.1, 0.15) is 6.29 Å². The molecule has 1 N–H and O–H groups in total. The molecule has 4 heteroatoms. The summed E-state index contributed by atoms with van der Waals surface area (Å²) in [4.78, 5) is 18.2. The SMILES string of the molecule is CP(=O)(O)CCC=O. The van der Waals surface area contributed by atoms with E-state index in [2.05, 4.69) is 0 Å². The van der Waals surface area contributed by atoms with Crippen LogP contribution < -0.4 is 0 Å². The number of carbonyl (C=O) groups is 1. The lowest BCUT2D eigenvalue weighted by atomic mass is 10.6. The molecular weight excluding hydrogens is 127 g/mol. The highest BCUT2D eigenvalue weighted by Gasteiger charge is 2.06. The first-order valence-electron chi connectivity index (χ1n) is 2.29. The second-order valence-electron chi connectivity index (χ2n) is 1.73. The molecule has 0 spiro atoms. The van der Waals surface area contributed by atoms with Gasteiger partial charge in [0.2, 0.25) is 0 Å². The molecule has 0 aromatic rings. The maximum absolute atomic E-state index is 10.4. The van der Waals surface area contributed by atoms with Crippen LogP contribution in [0.4, 0.5) is 0 Å². The molecule has 0 radical (unpaired) electrons. The molecule has 0 amide bonds. The zero-order chi connectivity index (χ0) is 6.62. The van der Waals surface area contributed by atoms with Gasteiger partial charge in [-0.05, 0) is 0 Å². The van der Waals surface area contributed by atoms with Gasteiger partial charge in [-0.1, -0.05) is 0 Å². The normalized spacial score (nSPS) is 17.2. The molecule has 0 saturated carbocycles. The average molecular weight is 136 g/mol. The Morgan fingerprint density at radius 2 is 2.25 bits per heavy atom. The van der Waals surface area contributed by atoms with Gasteiger partial charge in [-0.15, -0.1) is 0 Å². The van der Waals surface area contributed by atoms with E-state index < -0.39 is 7.37 Å². The van der Waals surface area contributed by atoms with Crippen LogP contribution in [-0.2, 0) is 9.36 Å². The van der Waals surface area contributed by atoms with Crippen LogP contribution in [0.15, 0.2) is 0 Å². The summed E-state index contributed by atoms with van der Waals surface area (Å²) in [5, 5.41) is 0. The fourth-order valence-electron chi connectivity index (χ4n) is 0.292. The molecule has 0 aliphatic rings. The topological polar surface area (TPSA) is 54.4 Å². The van der Waals surface area contributed by atoms with E-state index in [-0.39, 0.29) is 12.6 Å². The Labute approximate surface area is 48.2 Å². The Kier molecular flexibility index (Phi) is 2.95. The molecule has 0 heterocycles. The van der Waals surface area contributed by atoms with E-state index in [1.165, 1.54) is 6.66 Å². The highest BCUT2D eigenvalue weighted by Crippen LogP contribution is 2.34. The van der Waals surface area contributed by atoms with Crippen LogP contribution in [0.2, 0.25) is 0 Å². The standard InChI is InChI=1S/C4H9O3P/c1-8(6,7)4-2-3-5/h3H,2,4H2,1H3,(H,6,7). The van der Waals surface area contributed by atoms with E-state index in [9.17, 15) is 9.36 Å². The molecule has 8 heavy (non-hydrogen) atoms. The fourth-order valence-corrected chi connectivity index (χ4v) is 0.877. The highest BCUT2D eigenvalue weighted by molar-refractivity contribution is 7.57. The first kappa shape index (κ1) is 7.86. The Bertz CT molecular complexity index is 114. The van der Waals surface area contributed by atoms with Gasteiger partial charge in [-0.2, -0.15) is 0 Å². The van der Waals surface area contributed by atoms with Gasteiger partial charge in [0.25, 0.3) is 0 Å². The van der Waals surface area contributed by atoms with Crippen molar-refractivity contribution in [3.63, 3.8) is 0 Å². The molecule has 48 valence electrons. The van der Waals surface area contributed by atoms with Crippen molar-refractivity contribution < 1.29 is 14.3 Å². The van der Waals surface area contributed by atoms with Gasteiger partial charge in [-0.25, -0.2) is 0 Å². The van der Waals surface area contributed by atoms with Crippen LogP contribution in [0.25, 0.3) is 0 Å². The van der Waals surface area contributed by atoms with Crippen LogP contribution in [0.1, 0.15) is 6.42 Å². The number of hydrogen-bond donors (Lipinski definition) is 1. The van der Waals surface area contributed by atoms with Crippen LogP contribution in [0.5, 0.6) is 0 Å². The Balaban J connectivity index is 3.40. The van der Waals surface area contributed by atoms with Crippen molar-refractivity contribution in [3.05, 3.63) is 0 Å². The fraction of sp³-hybridized carbons (Fsp3) is 0.750. The zero-order valence-corrected chi connectivity index (χ0v) is 5.60. The van der Waals surface area contributed by atoms with E-state index in [0.29, 0.717) is 6.29 Å². The summed E-state index contributed by atoms with van der Waals surface area (Å²) in [5.41, 5.74) is 0. The molecule has 3 nitrogen and oxygen atoms in total. The van der Waals surface area contributed by atoms with Crippen molar-refractivity contribution in [2.45, 2.75) is 6.42 Å². The third-order valence-electron chi connectivity index (χ3n) is 0.662. The number of carbonyl (C=O) groups excluding carboxylic acids is 1. The number of hydrogen-bond acceptors (Lipinski definition) is 2. The van der Waals surface area contributed by atoms with Crippen LogP contribution in [-0.4, -0.2) is 24.0 Å². The molecule has 1 unspecified atom stereocenters. The average Bonchev–Trinajstić information content (AvgIpc) is 1.59. The van der Waals surface area contributed by atoms with Gasteiger partial charge in [0.15, 0.2) is 7.37 Å². The molecule has 1 atom stereocenters. The second-order valence-corrected chi connectivity index (χ2v) is 4.28. The lowest BCUT2D eigenvalue weighted by Crippen LogP contribution is -1.86. The molecule has 0 aromatic carbocycles. The predicted molar refractivity (Wildman–Crippen MR) is 31.3 cm³/mol. The van der Waals surface area contributed by atoms with E-state index in [0.717, 1.165) is 0 Å². The lowest BCUT2D eigenvalue weighted by Gasteiger charge is -1.98. The largest absolute Gasteiger partial charge is 0.344 e. The molecule has 0 fully saturated rings. The van der Waals surface area contributed by atoms with E-state index in [1.54, 1.807) is 0 Å². The van der Waals surface area contributed by atoms with Crippen LogP contribution >= 0.6 is 7.37 Å². The summed E-state index contributed by atoms with van der Waals surface area (Å²) >= 11 is 0. The van der Waals surface area contributed by atoms with Crippen molar-refractivity contribution in [1.29, 1.82) is 0 Å². The maximum atomic E-state index is 10.4. The summed E-state index contributed by atoms with van der Waals surface area (Å²) in [7, 11) is -2.91. The third kappa shape index (κ3) is 5.86. The minimum absolute atomic E-state index is 0.108.